The van der Waals surface area contributed by atoms with Gasteiger partial charge >= 0.3 is 0 Å². The van der Waals surface area contributed by atoms with E-state index >= 15 is 0 Å². The van der Waals surface area contributed by atoms with E-state index in [2.05, 4.69) is 10.3 Å². The smallest absolute Gasteiger partial charge is 0.271 e. The summed E-state index contributed by atoms with van der Waals surface area (Å²) < 4.78 is 0. The van der Waals surface area contributed by atoms with Crippen LogP contribution in [0.5, 0.6) is 0 Å². The fraction of sp³-hybridized carbons (Fsp3) is 0.200. The van der Waals surface area contributed by atoms with Crippen LogP contribution in [0.2, 0.25) is 10.2 Å². The maximum atomic E-state index is 12.0. The predicted octanol–water partition coefficient (Wildman–Crippen LogP) is 3.38. The molecule has 0 spiro atoms. The van der Waals surface area contributed by atoms with E-state index < -0.39 is 0 Å². The average molecular weight is 324 g/mol. The summed E-state index contributed by atoms with van der Waals surface area (Å²) in [6.45, 7) is 0.400. The highest BCUT2D eigenvalue weighted by Crippen LogP contribution is 2.17. The number of nitrogens with one attached hydrogen (secondary N) is 1. The lowest BCUT2D eigenvalue weighted by molar-refractivity contribution is 0.0946. The van der Waals surface area contributed by atoms with Crippen molar-refractivity contribution in [2.24, 2.45) is 0 Å². The van der Waals surface area contributed by atoms with Gasteiger partial charge in [-0.25, -0.2) is 4.98 Å². The number of aromatic nitrogens is 1. The van der Waals surface area contributed by atoms with Crippen molar-refractivity contribution in [3.05, 3.63) is 57.8 Å². The van der Waals surface area contributed by atoms with Crippen molar-refractivity contribution in [2.45, 2.75) is 6.54 Å². The largest absolute Gasteiger partial charge is 0.378 e. The van der Waals surface area contributed by atoms with Gasteiger partial charge in [-0.05, 0) is 29.8 Å². The number of benzene rings is 1. The van der Waals surface area contributed by atoms with Crippen molar-refractivity contribution in [1.29, 1.82) is 0 Å². The van der Waals surface area contributed by atoms with E-state index in [0.29, 0.717) is 6.54 Å². The third-order valence-electron chi connectivity index (χ3n) is 2.93. The first-order chi connectivity index (χ1) is 9.97. The summed E-state index contributed by atoms with van der Waals surface area (Å²) in [6.07, 6.45) is 0. The number of hydrogen-bond acceptors (Lipinski definition) is 3. The molecule has 0 aliphatic heterocycles. The lowest BCUT2D eigenvalue weighted by Gasteiger charge is -2.13. The van der Waals surface area contributed by atoms with Crippen LogP contribution in [-0.2, 0) is 6.54 Å². The Morgan fingerprint density at radius 2 is 1.81 bits per heavy atom. The highest BCUT2D eigenvalue weighted by atomic mass is 35.5. The molecule has 4 nitrogen and oxygen atoms in total. The van der Waals surface area contributed by atoms with Gasteiger partial charge in [-0.3, -0.25) is 4.79 Å². The normalized spacial score (nSPS) is 10.3. The summed E-state index contributed by atoms with van der Waals surface area (Å²) >= 11 is 11.7. The molecule has 0 fully saturated rings. The molecule has 0 radical (unpaired) electrons. The molecule has 1 N–H and O–H groups in total. The second-order valence-corrected chi connectivity index (χ2v) is 5.50. The maximum absolute atomic E-state index is 12.0. The van der Waals surface area contributed by atoms with Gasteiger partial charge in [-0.1, -0.05) is 35.3 Å². The molecule has 1 heterocycles. The Bertz CT molecular complexity index is 642. The van der Waals surface area contributed by atoms with E-state index in [1.165, 1.54) is 0 Å². The molecular formula is C15H15Cl2N3O. The Morgan fingerprint density at radius 1 is 1.14 bits per heavy atom. The molecule has 2 rings (SSSR count). The number of hydrogen-bond donors (Lipinski definition) is 1. The molecule has 2 aromatic rings. The van der Waals surface area contributed by atoms with Gasteiger partial charge in [-0.15, -0.1) is 0 Å². The Morgan fingerprint density at radius 3 is 2.43 bits per heavy atom. The SMILES string of the molecule is CN(C)c1ccc(CNC(=O)c2nc(Cl)ccc2Cl)cc1. The number of carbonyl (C=O) groups excluding carboxylic acids is 1. The van der Waals surface area contributed by atoms with Gasteiger partial charge < -0.3 is 10.2 Å². The predicted molar refractivity (Wildman–Crippen MR) is 86.2 cm³/mol. The summed E-state index contributed by atoms with van der Waals surface area (Å²) in [4.78, 5) is 18.0. The van der Waals surface area contributed by atoms with Crippen LogP contribution in [-0.4, -0.2) is 25.0 Å². The number of carbonyl (C=O) groups is 1. The molecule has 110 valence electrons. The van der Waals surface area contributed by atoms with Crippen LogP contribution in [0, 0.1) is 0 Å². The molecule has 0 saturated heterocycles. The summed E-state index contributed by atoms with van der Waals surface area (Å²) in [5, 5.41) is 3.29. The van der Waals surface area contributed by atoms with Crippen LogP contribution < -0.4 is 10.2 Å². The second kappa shape index (κ2) is 6.78. The molecule has 0 aliphatic carbocycles. The van der Waals surface area contributed by atoms with Crippen LogP contribution in [0.3, 0.4) is 0 Å². The molecule has 21 heavy (non-hydrogen) atoms. The van der Waals surface area contributed by atoms with Crippen molar-refractivity contribution in [1.82, 2.24) is 10.3 Å². The quantitative estimate of drug-likeness (QED) is 0.877. The third-order valence-corrected chi connectivity index (χ3v) is 3.45. The number of halogens is 2. The average Bonchev–Trinajstić information content (AvgIpc) is 2.47. The van der Waals surface area contributed by atoms with Crippen molar-refractivity contribution in [2.75, 3.05) is 19.0 Å². The number of nitrogens with zero attached hydrogens (tertiary/aromatic N) is 2. The molecular weight excluding hydrogens is 309 g/mol. The van der Waals surface area contributed by atoms with Gasteiger partial charge in [-0.2, -0.15) is 0 Å². The molecule has 6 heteroatoms. The summed E-state index contributed by atoms with van der Waals surface area (Å²) in [6, 6.07) is 11.0. The van der Waals surface area contributed by atoms with E-state index in [4.69, 9.17) is 23.2 Å². The van der Waals surface area contributed by atoms with Crippen molar-refractivity contribution in [3.63, 3.8) is 0 Å². The third kappa shape index (κ3) is 4.09. The number of pyridine rings is 1. The lowest BCUT2D eigenvalue weighted by atomic mass is 10.2. The molecule has 0 atom stereocenters. The molecule has 1 amide bonds. The summed E-state index contributed by atoms with van der Waals surface area (Å²) in [5.41, 5.74) is 2.23. The lowest BCUT2D eigenvalue weighted by Crippen LogP contribution is -2.24. The first-order valence-corrected chi connectivity index (χ1v) is 7.09. The minimum Gasteiger partial charge on any atom is -0.378 e. The summed E-state index contributed by atoms with van der Waals surface area (Å²) in [7, 11) is 3.95. The van der Waals surface area contributed by atoms with Gasteiger partial charge in [0.05, 0.1) is 5.02 Å². The molecule has 0 saturated carbocycles. The zero-order chi connectivity index (χ0) is 15.4. The summed E-state index contributed by atoms with van der Waals surface area (Å²) in [5.74, 6) is -0.348. The minimum atomic E-state index is -0.348. The van der Waals surface area contributed by atoms with Crippen molar-refractivity contribution >= 4 is 34.8 Å². The number of amides is 1. The van der Waals surface area contributed by atoms with E-state index in [0.717, 1.165) is 11.3 Å². The minimum absolute atomic E-state index is 0.133. The van der Waals surface area contributed by atoms with Gasteiger partial charge in [0.25, 0.3) is 5.91 Å². The van der Waals surface area contributed by atoms with Gasteiger partial charge in [0.1, 0.15) is 10.8 Å². The second-order valence-electron chi connectivity index (χ2n) is 4.71. The van der Waals surface area contributed by atoms with Crippen LogP contribution >= 0.6 is 23.2 Å². The van der Waals surface area contributed by atoms with Gasteiger partial charge in [0.15, 0.2) is 0 Å². The molecule has 1 aromatic heterocycles. The van der Waals surface area contributed by atoms with Crippen LogP contribution in [0.4, 0.5) is 5.69 Å². The Hall–Kier alpha value is -1.78. The first kappa shape index (κ1) is 15.6. The Balaban J connectivity index is 2.02. The Labute approximate surface area is 133 Å². The highest BCUT2D eigenvalue weighted by molar-refractivity contribution is 6.34. The number of anilines is 1. The molecule has 0 aliphatic rings. The van der Waals surface area contributed by atoms with Crippen molar-refractivity contribution < 1.29 is 4.79 Å². The maximum Gasteiger partial charge on any atom is 0.271 e. The van der Waals surface area contributed by atoms with Crippen LogP contribution in [0.15, 0.2) is 36.4 Å². The zero-order valence-corrected chi connectivity index (χ0v) is 13.2. The topological polar surface area (TPSA) is 45.2 Å². The monoisotopic (exact) mass is 323 g/mol. The fourth-order valence-corrected chi connectivity index (χ4v) is 2.09. The molecule has 0 bridgehead atoms. The molecule has 0 unspecified atom stereocenters. The standard InChI is InChI=1S/C15H15Cl2N3O/c1-20(2)11-5-3-10(4-6-11)9-18-15(21)14-12(16)7-8-13(17)19-14/h3-8H,9H2,1-2H3,(H,18,21). The van der Waals surface area contributed by atoms with Crippen LogP contribution in [0.1, 0.15) is 16.1 Å². The zero-order valence-electron chi connectivity index (χ0n) is 11.7. The Kier molecular flexibility index (Phi) is 5.04. The first-order valence-electron chi connectivity index (χ1n) is 6.34. The number of rotatable bonds is 4. The molecule has 1 aromatic carbocycles. The van der Waals surface area contributed by atoms with Crippen molar-refractivity contribution in [3.8, 4) is 0 Å². The van der Waals surface area contributed by atoms with E-state index in [1.54, 1.807) is 12.1 Å². The van der Waals surface area contributed by atoms with E-state index in [9.17, 15) is 4.79 Å². The van der Waals surface area contributed by atoms with Gasteiger partial charge in [0.2, 0.25) is 0 Å². The van der Waals surface area contributed by atoms with E-state index in [1.807, 2.05) is 43.3 Å². The van der Waals surface area contributed by atoms with E-state index in [-0.39, 0.29) is 21.8 Å². The van der Waals surface area contributed by atoms with Gasteiger partial charge in [0, 0.05) is 26.3 Å². The fourth-order valence-electron chi connectivity index (χ4n) is 1.76. The highest BCUT2D eigenvalue weighted by Gasteiger charge is 2.12. The van der Waals surface area contributed by atoms with Crippen LogP contribution in [0.25, 0.3) is 0 Å².